The maximum Gasteiger partial charge on any atom is 0.171 e. The lowest BCUT2D eigenvalue weighted by molar-refractivity contribution is 0.716. The number of hydrogen-bond acceptors (Lipinski definition) is 2. The summed E-state index contributed by atoms with van der Waals surface area (Å²) in [6.07, 6.45) is 0.423. The Hall–Kier alpha value is -2.38. The summed E-state index contributed by atoms with van der Waals surface area (Å²) >= 11 is 5.40. The topological polar surface area (TPSA) is 47.8 Å². The molecule has 0 amide bonds. The lowest BCUT2D eigenvalue weighted by Crippen LogP contribution is -2.31. The van der Waals surface area contributed by atoms with Crippen LogP contribution in [0.3, 0.4) is 0 Å². The van der Waals surface area contributed by atoms with Gasteiger partial charge >= 0.3 is 0 Å². The Labute approximate surface area is 143 Å². The third kappa shape index (κ3) is 4.80. The number of thiocarbonyl (C=S) groups is 1. The highest BCUT2D eigenvalue weighted by Crippen LogP contribution is 2.19. The van der Waals surface area contributed by atoms with Gasteiger partial charge in [0.05, 0.1) is 18.5 Å². The molecule has 118 valence electrons. The number of rotatable bonds is 4. The van der Waals surface area contributed by atoms with Crippen molar-refractivity contribution in [2.24, 2.45) is 0 Å². The molecule has 2 aromatic carbocycles. The zero-order valence-electron chi connectivity index (χ0n) is 13.7. The number of aryl methyl sites for hydroxylation is 2. The highest BCUT2D eigenvalue weighted by molar-refractivity contribution is 7.80. The molecule has 1 unspecified atom stereocenters. The summed E-state index contributed by atoms with van der Waals surface area (Å²) < 4.78 is 0. The molecule has 0 aliphatic rings. The van der Waals surface area contributed by atoms with E-state index in [9.17, 15) is 0 Å². The van der Waals surface area contributed by atoms with E-state index in [-0.39, 0.29) is 6.04 Å². The maximum atomic E-state index is 8.69. The molecular weight excluding hydrogens is 302 g/mol. The summed E-state index contributed by atoms with van der Waals surface area (Å²) in [5.41, 5.74) is 5.65. The van der Waals surface area contributed by atoms with Crippen molar-refractivity contribution < 1.29 is 0 Å². The highest BCUT2D eigenvalue weighted by atomic mass is 32.1. The number of anilines is 1. The van der Waals surface area contributed by atoms with Gasteiger partial charge in [-0.2, -0.15) is 5.26 Å². The van der Waals surface area contributed by atoms with E-state index in [0.717, 1.165) is 11.3 Å². The van der Waals surface area contributed by atoms with Gasteiger partial charge in [0.1, 0.15) is 0 Å². The SMILES string of the molecule is Cc1ccc(C)c(C(C)NC(=S)Nc2ccc(CC#N)cc2)c1. The summed E-state index contributed by atoms with van der Waals surface area (Å²) in [5.74, 6) is 0. The van der Waals surface area contributed by atoms with Gasteiger partial charge in [-0.1, -0.05) is 35.9 Å². The Bertz CT molecular complexity index is 729. The number of nitriles is 1. The van der Waals surface area contributed by atoms with E-state index in [0.29, 0.717) is 11.5 Å². The Morgan fingerprint density at radius 2 is 1.87 bits per heavy atom. The molecule has 4 heteroatoms. The molecule has 23 heavy (non-hydrogen) atoms. The van der Waals surface area contributed by atoms with Crippen molar-refractivity contribution in [2.45, 2.75) is 33.2 Å². The average molecular weight is 323 g/mol. The quantitative estimate of drug-likeness (QED) is 0.818. The van der Waals surface area contributed by atoms with Gasteiger partial charge < -0.3 is 10.6 Å². The average Bonchev–Trinajstić information content (AvgIpc) is 2.51. The Balaban J connectivity index is 1.98. The molecule has 3 nitrogen and oxygen atoms in total. The van der Waals surface area contributed by atoms with Crippen molar-refractivity contribution in [3.63, 3.8) is 0 Å². The zero-order valence-corrected chi connectivity index (χ0v) is 14.5. The first-order chi connectivity index (χ1) is 11.0. The first-order valence-electron chi connectivity index (χ1n) is 7.60. The fraction of sp³-hybridized carbons (Fsp3) is 0.263. The molecule has 0 aromatic heterocycles. The zero-order chi connectivity index (χ0) is 16.8. The molecule has 0 saturated heterocycles. The number of hydrogen-bond donors (Lipinski definition) is 2. The monoisotopic (exact) mass is 323 g/mol. The van der Waals surface area contributed by atoms with E-state index < -0.39 is 0 Å². The van der Waals surface area contributed by atoms with Crippen molar-refractivity contribution in [2.75, 3.05) is 5.32 Å². The van der Waals surface area contributed by atoms with Gasteiger partial charge in [-0.05, 0) is 61.8 Å². The molecule has 0 bridgehead atoms. The van der Waals surface area contributed by atoms with E-state index >= 15 is 0 Å². The van der Waals surface area contributed by atoms with Crippen LogP contribution >= 0.6 is 12.2 Å². The second-order valence-electron chi connectivity index (χ2n) is 5.71. The molecule has 0 radical (unpaired) electrons. The second kappa shape index (κ2) is 7.75. The summed E-state index contributed by atoms with van der Waals surface area (Å²) in [4.78, 5) is 0. The van der Waals surface area contributed by atoms with Crippen molar-refractivity contribution in [3.05, 3.63) is 64.7 Å². The van der Waals surface area contributed by atoms with E-state index in [2.05, 4.69) is 55.7 Å². The van der Waals surface area contributed by atoms with Crippen LogP contribution in [0, 0.1) is 25.2 Å². The van der Waals surface area contributed by atoms with Crippen LogP contribution in [0.15, 0.2) is 42.5 Å². The Kier molecular flexibility index (Phi) is 5.72. The first kappa shape index (κ1) is 17.0. The standard InChI is InChI=1S/C19H21N3S/c1-13-4-5-14(2)18(12-13)15(3)21-19(23)22-17-8-6-16(7-9-17)10-11-20/h4-9,12,15H,10H2,1-3H3,(H2,21,22,23). The number of nitrogens with zero attached hydrogens (tertiary/aromatic N) is 1. The third-order valence-electron chi connectivity index (χ3n) is 3.74. The van der Waals surface area contributed by atoms with Crippen molar-refractivity contribution >= 4 is 23.0 Å². The largest absolute Gasteiger partial charge is 0.356 e. The van der Waals surface area contributed by atoms with E-state index in [1.807, 2.05) is 24.3 Å². The van der Waals surface area contributed by atoms with Crippen LogP contribution in [-0.2, 0) is 6.42 Å². The molecule has 0 heterocycles. The molecule has 2 rings (SSSR count). The molecule has 0 spiro atoms. The van der Waals surface area contributed by atoms with E-state index in [1.54, 1.807) is 0 Å². The van der Waals surface area contributed by atoms with Crippen molar-refractivity contribution in [3.8, 4) is 6.07 Å². The fourth-order valence-electron chi connectivity index (χ4n) is 2.47. The molecule has 0 aliphatic carbocycles. The van der Waals surface area contributed by atoms with Crippen LogP contribution in [-0.4, -0.2) is 5.11 Å². The first-order valence-corrected chi connectivity index (χ1v) is 8.01. The van der Waals surface area contributed by atoms with Crippen LogP contribution < -0.4 is 10.6 Å². The minimum Gasteiger partial charge on any atom is -0.356 e. The normalized spacial score (nSPS) is 11.4. The molecule has 0 aliphatic heterocycles. The van der Waals surface area contributed by atoms with Crippen LogP contribution in [0.5, 0.6) is 0 Å². The van der Waals surface area contributed by atoms with Crippen LogP contribution in [0.25, 0.3) is 0 Å². The van der Waals surface area contributed by atoms with Crippen LogP contribution in [0.2, 0.25) is 0 Å². The predicted octanol–water partition coefficient (Wildman–Crippen LogP) is 4.42. The molecule has 2 N–H and O–H groups in total. The fourth-order valence-corrected chi connectivity index (χ4v) is 2.76. The smallest absolute Gasteiger partial charge is 0.171 e. The van der Waals surface area contributed by atoms with Gasteiger partial charge in [-0.15, -0.1) is 0 Å². The maximum absolute atomic E-state index is 8.69. The van der Waals surface area contributed by atoms with E-state index in [1.165, 1.54) is 16.7 Å². The third-order valence-corrected chi connectivity index (χ3v) is 3.96. The van der Waals surface area contributed by atoms with Gasteiger partial charge in [0.2, 0.25) is 0 Å². The minimum atomic E-state index is 0.132. The lowest BCUT2D eigenvalue weighted by Gasteiger charge is -2.19. The Morgan fingerprint density at radius 1 is 1.17 bits per heavy atom. The highest BCUT2D eigenvalue weighted by Gasteiger charge is 2.10. The lowest BCUT2D eigenvalue weighted by atomic mass is 10.0. The van der Waals surface area contributed by atoms with Crippen LogP contribution in [0.1, 0.15) is 35.2 Å². The van der Waals surface area contributed by atoms with Crippen molar-refractivity contribution in [1.82, 2.24) is 5.32 Å². The van der Waals surface area contributed by atoms with Gasteiger partial charge in [-0.3, -0.25) is 0 Å². The number of benzene rings is 2. The summed E-state index contributed by atoms with van der Waals surface area (Å²) in [6, 6.07) is 16.4. The van der Waals surface area contributed by atoms with Crippen molar-refractivity contribution in [1.29, 1.82) is 5.26 Å². The van der Waals surface area contributed by atoms with Gasteiger partial charge in [0.15, 0.2) is 5.11 Å². The van der Waals surface area contributed by atoms with Gasteiger partial charge in [0.25, 0.3) is 0 Å². The molecule has 0 saturated carbocycles. The van der Waals surface area contributed by atoms with Gasteiger partial charge in [0, 0.05) is 5.69 Å². The second-order valence-corrected chi connectivity index (χ2v) is 6.12. The molecular formula is C19H21N3S. The number of nitrogens with one attached hydrogen (secondary N) is 2. The minimum absolute atomic E-state index is 0.132. The Morgan fingerprint density at radius 3 is 2.52 bits per heavy atom. The summed E-state index contributed by atoms with van der Waals surface area (Å²) in [6.45, 7) is 6.30. The molecule has 0 fully saturated rings. The van der Waals surface area contributed by atoms with Gasteiger partial charge in [-0.25, -0.2) is 0 Å². The molecule has 1 atom stereocenters. The predicted molar refractivity (Wildman–Crippen MR) is 99.4 cm³/mol. The summed E-state index contributed by atoms with van der Waals surface area (Å²) in [7, 11) is 0. The molecule has 2 aromatic rings. The summed E-state index contributed by atoms with van der Waals surface area (Å²) in [5, 5.41) is 15.8. The van der Waals surface area contributed by atoms with E-state index in [4.69, 9.17) is 17.5 Å². The van der Waals surface area contributed by atoms with Crippen LogP contribution in [0.4, 0.5) is 5.69 Å².